The van der Waals surface area contributed by atoms with E-state index in [1.165, 1.54) is 0 Å². The van der Waals surface area contributed by atoms with E-state index in [0.29, 0.717) is 12.2 Å². The van der Waals surface area contributed by atoms with Crippen LogP contribution in [-0.4, -0.2) is 25.2 Å². The van der Waals surface area contributed by atoms with Gasteiger partial charge in [-0.15, -0.1) is 0 Å². The Kier molecular flexibility index (Phi) is 4.93. The Morgan fingerprint density at radius 3 is 2.91 bits per heavy atom. The Bertz CT molecular complexity index is 678. The Morgan fingerprint density at radius 1 is 1.26 bits per heavy atom. The first-order valence-electron chi connectivity index (χ1n) is 7.94. The first-order chi connectivity index (χ1) is 11.2. The van der Waals surface area contributed by atoms with Gasteiger partial charge in [-0.1, -0.05) is 24.3 Å². The molecule has 1 atom stereocenters. The van der Waals surface area contributed by atoms with Crippen molar-refractivity contribution >= 4 is 11.6 Å². The highest BCUT2D eigenvalue weighted by Crippen LogP contribution is 2.20. The van der Waals surface area contributed by atoms with Crippen molar-refractivity contribution in [3.8, 4) is 5.75 Å². The molecular formula is C19H21NO3. The van der Waals surface area contributed by atoms with Gasteiger partial charge in [0.25, 0.3) is 5.91 Å². The Labute approximate surface area is 136 Å². The monoisotopic (exact) mass is 311 g/mol. The quantitative estimate of drug-likeness (QED) is 0.913. The fourth-order valence-electron chi connectivity index (χ4n) is 2.65. The van der Waals surface area contributed by atoms with Gasteiger partial charge in [-0.3, -0.25) is 4.79 Å². The second-order valence-corrected chi connectivity index (χ2v) is 5.74. The van der Waals surface area contributed by atoms with Crippen LogP contribution in [0.15, 0.2) is 48.5 Å². The summed E-state index contributed by atoms with van der Waals surface area (Å²) < 4.78 is 11.3. The van der Waals surface area contributed by atoms with Crippen molar-refractivity contribution in [2.75, 3.05) is 18.5 Å². The number of aryl methyl sites for hydroxylation is 1. The molecule has 0 unspecified atom stereocenters. The lowest BCUT2D eigenvalue weighted by Gasteiger charge is -2.13. The number of carbonyl (C=O) groups is 1. The van der Waals surface area contributed by atoms with Crippen molar-refractivity contribution in [1.82, 2.24) is 0 Å². The molecule has 1 heterocycles. The maximum atomic E-state index is 12.3. The number of carbonyl (C=O) groups excluding carboxylic acids is 1. The van der Waals surface area contributed by atoms with Crippen LogP contribution in [-0.2, 0) is 4.74 Å². The zero-order valence-corrected chi connectivity index (χ0v) is 13.2. The van der Waals surface area contributed by atoms with E-state index >= 15 is 0 Å². The molecule has 23 heavy (non-hydrogen) atoms. The van der Waals surface area contributed by atoms with Crippen LogP contribution in [0, 0.1) is 6.92 Å². The number of anilines is 1. The largest absolute Gasteiger partial charge is 0.491 e. The van der Waals surface area contributed by atoms with E-state index in [-0.39, 0.29) is 12.0 Å². The minimum atomic E-state index is -0.112. The Hall–Kier alpha value is -2.33. The lowest BCUT2D eigenvalue weighted by Crippen LogP contribution is -2.16. The molecule has 0 spiro atoms. The van der Waals surface area contributed by atoms with Gasteiger partial charge in [0, 0.05) is 23.9 Å². The molecule has 0 aromatic heterocycles. The first-order valence-corrected chi connectivity index (χ1v) is 7.94. The molecule has 1 saturated heterocycles. The smallest absolute Gasteiger partial charge is 0.255 e. The topological polar surface area (TPSA) is 47.6 Å². The number of nitrogens with one attached hydrogen (secondary N) is 1. The number of benzene rings is 2. The van der Waals surface area contributed by atoms with Gasteiger partial charge in [0.1, 0.15) is 12.4 Å². The summed E-state index contributed by atoms with van der Waals surface area (Å²) in [6, 6.07) is 15.0. The van der Waals surface area contributed by atoms with E-state index in [0.717, 1.165) is 36.4 Å². The molecule has 1 amide bonds. The predicted octanol–water partition coefficient (Wildman–Crippen LogP) is 3.81. The minimum absolute atomic E-state index is 0.112. The number of hydrogen-bond acceptors (Lipinski definition) is 3. The summed E-state index contributed by atoms with van der Waals surface area (Å²) in [5, 5.41) is 2.92. The van der Waals surface area contributed by atoms with Crippen molar-refractivity contribution < 1.29 is 14.3 Å². The molecule has 120 valence electrons. The molecule has 2 aromatic carbocycles. The number of ether oxygens (including phenoxy) is 2. The van der Waals surface area contributed by atoms with E-state index in [1.54, 1.807) is 0 Å². The summed E-state index contributed by atoms with van der Waals surface area (Å²) in [4.78, 5) is 12.3. The standard InChI is InChI=1S/C19H21NO3/c1-14-6-2-3-10-18(14)19(21)20-15-7-4-8-16(12-15)23-13-17-9-5-11-22-17/h2-4,6-8,10,12,17H,5,9,11,13H2,1H3,(H,20,21)/t17-/m1/s1. The zero-order valence-electron chi connectivity index (χ0n) is 13.2. The van der Waals surface area contributed by atoms with Crippen LogP contribution in [0.4, 0.5) is 5.69 Å². The second-order valence-electron chi connectivity index (χ2n) is 5.74. The molecule has 4 heteroatoms. The van der Waals surface area contributed by atoms with E-state index in [1.807, 2.05) is 55.5 Å². The molecule has 0 saturated carbocycles. The summed E-state index contributed by atoms with van der Waals surface area (Å²) in [6.45, 7) is 3.30. The highest BCUT2D eigenvalue weighted by atomic mass is 16.5. The van der Waals surface area contributed by atoms with Gasteiger partial charge in [0.15, 0.2) is 0 Å². The van der Waals surface area contributed by atoms with Crippen LogP contribution < -0.4 is 10.1 Å². The third-order valence-corrected chi connectivity index (χ3v) is 3.94. The Morgan fingerprint density at radius 2 is 2.13 bits per heavy atom. The van der Waals surface area contributed by atoms with Gasteiger partial charge in [-0.2, -0.15) is 0 Å². The van der Waals surface area contributed by atoms with E-state index in [2.05, 4.69) is 5.32 Å². The number of amides is 1. The van der Waals surface area contributed by atoms with Gasteiger partial charge in [0.2, 0.25) is 0 Å². The van der Waals surface area contributed by atoms with Crippen molar-refractivity contribution in [3.63, 3.8) is 0 Å². The molecule has 0 aliphatic carbocycles. The van der Waals surface area contributed by atoms with E-state index in [4.69, 9.17) is 9.47 Å². The second kappa shape index (κ2) is 7.29. The fourth-order valence-corrected chi connectivity index (χ4v) is 2.65. The fraction of sp³-hybridized carbons (Fsp3) is 0.316. The SMILES string of the molecule is Cc1ccccc1C(=O)Nc1cccc(OC[C@H]2CCCO2)c1. The third kappa shape index (κ3) is 4.11. The zero-order chi connectivity index (χ0) is 16.1. The van der Waals surface area contributed by atoms with Crippen molar-refractivity contribution in [3.05, 3.63) is 59.7 Å². The van der Waals surface area contributed by atoms with Crippen LogP contribution in [0.1, 0.15) is 28.8 Å². The van der Waals surface area contributed by atoms with Gasteiger partial charge >= 0.3 is 0 Å². The average molecular weight is 311 g/mol. The van der Waals surface area contributed by atoms with Crippen molar-refractivity contribution in [2.24, 2.45) is 0 Å². The molecule has 1 fully saturated rings. The van der Waals surface area contributed by atoms with E-state index in [9.17, 15) is 4.79 Å². The van der Waals surface area contributed by atoms with Crippen molar-refractivity contribution in [1.29, 1.82) is 0 Å². The number of hydrogen-bond donors (Lipinski definition) is 1. The molecule has 2 aromatic rings. The molecule has 1 aliphatic heterocycles. The maximum Gasteiger partial charge on any atom is 0.255 e. The molecule has 0 radical (unpaired) electrons. The molecule has 3 rings (SSSR count). The van der Waals surface area contributed by atoms with Crippen LogP contribution in [0.5, 0.6) is 5.75 Å². The number of rotatable bonds is 5. The Balaban J connectivity index is 1.63. The summed E-state index contributed by atoms with van der Waals surface area (Å²) in [5.74, 6) is 0.627. The lowest BCUT2D eigenvalue weighted by molar-refractivity contribution is 0.0680. The van der Waals surface area contributed by atoms with Crippen LogP contribution >= 0.6 is 0 Å². The molecule has 4 nitrogen and oxygen atoms in total. The normalized spacial score (nSPS) is 17.0. The molecular weight excluding hydrogens is 290 g/mol. The van der Waals surface area contributed by atoms with Gasteiger partial charge in [0.05, 0.1) is 6.10 Å². The summed E-state index contributed by atoms with van der Waals surface area (Å²) in [5.41, 5.74) is 2.36. The van der Waals surface area contributed by atoms with Crippen LogP contribution in [0.25, 0.3) is 0 Å². The summed E-state index contributed by atoms with van der Waals surface area (Å²) in [6.07, 6.45) is 2.32. The van der Waals surface area contributed by atoms with Crippen molar-refractivity contribution in [2.45, 2.75) is 25.9 Å². The highest BCUT2D eigenvalue weighted by Gasteiger charge is 2.16. The lowest BCUT2D eigenvalue weighted by atomic mass is 10.1. The summed E-state index contributed by atoms with van der Waals surface area (Å²) >= 11 is 0. The summed E-state index contributed by atoms with van der Waals surface area (Å²) in [7, 11) is 0. The molecule has 1 aliphatic rings. The van der Waals surface area contributed by atoms with Gasteiger partial charge < -0.3 is 14.8 Å². The minimum Gasteiger partial charge on any atom is -0.491 e. The van der Waals surface area contributed by atoms with Crippen LogP contribution in [0.3, 0.4) is 0 Å². The van der Waals surface area contributed by atoms with Gasteiger partial charge in [-0.05, 0) is 43.5 Å². The molecule has 1 N–H and O–H groups in total. The first kappa shape index (κ1) is 15.6. The van der Waals surface area contributed by atoms with Gasteiger partial charge in [-0.25, -0.2) is 0 Å². The maximum absolute atomic E-state index is 12.3. The van der Waals surface area contributed by atoms with Crippen LogP contribution in [0.2, 0.25) is 0 Å². The predicted molar refractivity (Wildman–Crippen MR) is 90.0 cm³/mol. The third-order valence-electron chi connectivity index (χ3n) is 3.94. The highest BCUT2D eigenvalue weighted by molar-refractivity contribution is 6.05. The molecule has 0 bridgehead atoms. The average Bonchev–Trinajstić information content (AvgIpc) is 3.07. The van der Waals surface area contributed by atoms with E-state index < -0.39 is 0 Å².